The number of nitrogens with zero attached hydrogens (tertiary/aromatic N) is 4. The van der Waals surface area contributed by atoms with E-state index in [2.05, 4.69) is 40.1 Å². The lowest BCUT2D eigenvalue weighted by Crippen LogP contribution is -2.37. The second kappa shape index (κ2) is 10.6. The van der Waals surface area contributed by atoms with E-state index in [1.807, 2.05) is 55.8 Å². The summed E-state index contributed by atoms with van der Waals surface area (Å²) in [5.74, 6) is 1.31. The maximum absolute atomic E-state index is 10.3. The van der Waals surface area contributed by atoms with Crippen LogP contribution in [0.25, 0.3) is 5.65 Å². The van der Waals surface area contributed by atoms with Crippen molar-refractivity contribution in [1.29, 1.82) is 0 Å². The second-order valence-corrected chi connectivity index (χ2v) is 8.33. The van der Waals surface area contributed by atoms with Gasteiger partial charge in [0.15, 0.2) is 11.5 Å². The Kier molecular flexibility index (Phi) is 7.90. The predicted octanol–water partition coefficient (Wildman–Crippen LogP) is 3.05. The average Bonchev–Trinajstić information content (AvgIpc) is 3.15. The first-order valence-electron chi connectivity index (χ1n) is 10.6. The van der Waals surface area contributed by atoms with Crippen LogP contribution in [-0.2, 0) is 13.1 Å². The summed E-state index contributed by atoms with van der Waals surface area (Å²) in [6.45, 7) is 6.50. The minimum absolute atomic E-state index is 0.217. The van der Waals surface area contributed by atoms with Crippen LogP contribution < -0.4 is 9.47 Å². The van der Waals surface area contributed by atoms with E-state index in [9.17, 15) is 5.11 Å². The molecular formula is C24H34N4O3. The number of methoxy groups -OCH3 is 1. The van der Waals surface area contributed by atoms with Crippen LogP contribution in [0.3, 0.4) is 0 Å². The van der Waals surface area contributed by atoms with Gasteiger partial charge in [0, 0.05) is 31.9 Å². The summed E-state index contributed by atoms with van der Waals surface area (Å²) in [6.07, 6.45) is 3.38. The van der Waals surface area contributed by atoms with Gasteiger partial charge in [0.1, 0.15) is 18.4 Å². The van der Waals surface area contributed by atoms with Crippen LogP contribution in [0, 0.1) is 0 Å². The molecule has 0 aliphatic heterocycles. The van der Waals surface area contributed by atoms with Crippen molar-refractivity contribution in [2.45, 2.75) is 39.1 Å². The van der Waals surface area contributed by atoms with Crippen molar-refractivity contribution in [1.82, 2.24) is 19.2 Å². The van der Waals surface area contributed by atoms with Crippen LogP contribution in [0.5, 0.6) is 11.5 Å². The standard InChI is InChI=1S/C24H34N4O3/c1-18(2)27(4)16-21(29)17-31-23-12-19(9-10-22(23)30-5)14-26(3)15-20-13-25-24-8-6-7-11-28(20)24/h6-13,18,21,29H,14-17H2,1-5H3/t21-/m1/s1. The summed E-state index contributed by atoms with van der Waals surface area (Å²) in [4.78, 5) is 8.78. The highest BCUT2D eigenvalue weighted by Crippen LogP contribution is 2.29. The van der Waals surface area contributed by atoms with E-state index in [1.54, 1.807) is 7.11 Å². The molecule has 7 heteroatoms. The molecule has 3 rings (SSSR count). The highest BCUT2D eigenvalue weighted by Gasteiger charge is 2.14. The number of hydrogen-bond acceptors (Lipinski definition) is 6. The van der Waals surface area contributed by atoms with Gasteiger partial charge in [0.05, 0.1) is 19.0 Å². The van der Waals surface area contributed by atoms with E-state index < -0.39 is 6.10 Å². The summed E-state index contributed by atoms with van der Waals surface area (Å²) in [7, 11) is 5.70. The Balaban J connectivity index is 1.62. The fourth-order valence-corrected chi connectivity index (χ4v) is 3.46. The molecule has 0 saturated carbocycles. The largest absolute Gasteiger partial charge is 0.493 e. The summed E-state index contributed by atoms with van der Waals surface area (Å²) >= 11 is 0. The number of rotatable bonds is 11. The maximum Gasteiger partial charge on any atom is 0.161 e. The molecule has 0 aliphatic rings. The third kappa shape index (κ3) is 6.19. The van der Waals surface area contributed by atoms with Crippen molar-refractivity contribution in [2.75, 3.05) is 34.4 Å². The third-order valence-electron chi connectivity index (χ3n) is 5.42. The van der Waals surface area contributed by atoms with Crippen LogP contribution in [0.1, 0.15) is 25.1 Å². The summed E-state index contributed by atoms with van der Waals surface area (Å²) in [5, 5.41) is 10.3. The van der Waals surface area contributed by atoms with Crippen molar-refractivity contribution in [2.24, 2.45) is 0 Å². The van der Waals surface area contributed by atoms with E-state index in [-0.39, 0.29) is 6.61 Å². The first kappa shape index (κ1) is 23.1. The summed E-state index contributed by atoms with van der Waals surface area (Å²) < 4.78 is 13.5. The van der Waals surface area contributed by atoms with Gasteiger partial charge >= 0.3 is 0 Å². The molecule has 168 valence electrons. The molecule has 0 unspecified atom stereocenters. The van der Waals surface area contributed by atoms with Gasteiger partial charge < -0.3 is 23.9 Å². The van der Waals surface area contributed by atoms with E-state index >= 15 is 0 Å². The molecule has 1 aromatic carbocycles. The number of imidazole rings is 1. The molecule has 0 spiro atoms. The Labute approximate surface area is 184 Å². The van der Waals surface area contributed by atoms with E-state index in [1.165, 1.54) is 0 Å². The Hall–Kier alpha value is -2.61. The number of ether oxygens (including phenoxy) is 2. The number of fused-ring (bicyclic) bond motifs is 1. The van der Waals surface area contributed by atoms with Gasteiger partial charge in [-0.15, -0.1) is 0 Å². The lowest BCUT2D eigenvalue weighted by Gasteiger charge is -2.24. The Morgan fingerprint density at radius 2 is 1.90 bits per heavy atom. The average molecular weight is 427 g/mol. The van der Waals surface area contributed by atoms with E-state index in [0.717, 1.165) is 30.0 Å². The van der Waals surface area contributed by atoms with Crippen molar-refractivity contribution < 1.29 is 14.6 Å². The second-order valence-electron chi connectivity index (χ2n) is 8.33. The third-order valence-corrected chi connectivity index (χ3v) is 5.42. The van der Waals surface area contributed by atoms with Crippen LogP contribution in [0.2, 0.25) is 0 Å². The molecule has 7 nitrogen and oxygen atoms in total. The van der Waals surface area contributed by atoms with Gasteiger partial charge in [-0.25, -0.2) is 4.98 Å². The predicted molar refractivity (Wildman–Crippen MR) is 123 cm³/mol. The molecular weight excluding hydrogens is 392 g/mol. The monoisotopic (exact) mass is 426 g/mol. The lowest BCUT2D eigenvalue weighted by atomic mass is 10.2. The van der Waals surface area contributed by atoms with Crippen LogP contribution in [0.4, 0.5) is 0 Å². The molecule has 0 fully saturated rings. The smallest absolute Gasteiger partial charge is 0.161 e. The summed E-state index contributed by atoms with van der Waals surface area (Å²) in [6, 6.07) is 12.3. The number of aromatic nitrogens is 2. The number of aliphatic hydroxyl groups excluding tert-OH is 1. The Morgan fingerprint density at radius 3 is 2.65 bits per heavy atom. The van der Waals surface area contributed by atoms with Crippen LogP contribution in [-0.4, -0.2) is 70.8 Å². The van der Waals surface area contributed by atoms with Gasteiger partial charge in [-0.2, -0.15) is 0 Å². The molecule has 31 heavy (non-hydrogen) atoms. The number of pyridine rings is 1. The molecule has 0 saturated heterocycles. The van der Waals surface area contributed by atoms with Crippen LogP contribution in [0.15, 0.2) is 48.8 Å². The number of likely N-dealkylation sites (N-methyl/N-ethyl adjacent to an activating group) is 1. The van der Waals surface area contributed by atoms with Crippen molar-refractivity contribution in [3.8, 4) is 11.5 Å². The van der Waals surface area contributed by atoms with Crippen molar-refractivity contribution in [3.05, 3.63) is 60.0 Å². The molecule has 0 radical (unpaired) electrons. The molecule has 3 aromatic rings. The zero-order chi connectivity index (χ0) is 22.4. The fourth-order valence-electron chi connectivity index (χ4n) is 3.46. The van der Waals surface area contributed by atoms with Gasteiger partial charge in [-0.1, -0.05) is 12.1 Å². The maximum atomic E-state index is 10.3. The van der Waals surface area contributed by atoms with Crippen molar-refractivity contribution >= 4 is 5.65 Å². The van der Waals surface area contributed by atoms with E-state index in [4.69, 9.17) is 9.47 Å². The van der Waals surface area contributed by atoms with Crippen LogP contribution >= 0.6 is 0 Å². The normalized spacial score (nSPS) is 12.8. The quantitative estimate of drug-likeness (QED) is 0.509. The minimum atomic E-state index is -0.571. The molecule has 0 amide bonds. The molecule has 0 aliphatic carbocycles. The first-order chi connectivity index (χ1) is 14.9. The first-order valence-corrected chi connectivity index (χ1v) is 10.6. The van der Waals surface area contributed by atoms with Gasteiger partial charge in [0.2, 0.25) is 0 Å². The molecule has 2 heterocycles. The molecule has 2 aromatic heterocycles. The van der Waals surface area contributed by atoms with Gasteiger partial charge in [0.25, 0.3) is 0 Å². The molecule has 1 atom stereocenters. The molecule has 0 bridgehead atoms. The molecule has 1 N–H and O–H groups in total. The topological polar surface area (TPSA) is 62.5 Å². The van der Waals surface area contributed by atoms with Gasteiger partial charge in [-0.3, -0.25) is 4.90 Å². The minimum Gasteiger partial charge on any atom is -0.493 e. The fraction of sp³-hybridized carbons (Fsp3) is 0.458. The summed E-state index contributed by atoms with van der Waals surface area (Å²) in [5.41, 5.74) is 3.20. The lowest BCUT2D eigenvalue weighted by molar-refractivity contribution is 0.0668. The number of hydrogen-bond donors (Lipinski definition) is 1. The van der Waals surface area contributed by atoms with Crippen molar-refractivity contribution in [3.63, 3.8) is 0 Å². The van der Waals surface area contributed by atoms with E-state index in [0.29, 0.717) is 24.1 Å². The van der Waals surface area contributed by atoms with Gasteiger partial charge in [-0.05, 0) is 57.8 Å². The highest BCUT2D eigenvalue weighted by molar-refractivity contribution is 5.43. The number of benzene rings is 1. The number of aliphatic hydroxyl groups is 1. The zero-order valence-corrected chi connectivity index (χ0v) is 19.2. The zero-order valence-electron chi connectivity index (χ0n) is 19.2. The Morgan fingerprint density at radius 1 is 1.10 bits per heavy atom. The highest BCUT2D eigenvalue weighted by atomic mass is 16.5. The Bertz CT molecular complexity index is 972. The SMILES string of the molecule is COc1ccc(CN(C)Cc2cnc3ccccn23)cc1OC[C@H](O)CN(C)C(C)C.